The average molecular weight is 455 g/mol. The number of halogens is 1. The summed E-state index contributed by atoms with van der Waals surface area (Å²) in [4.78, 5) is 6.71. The number of nitrogens with one attached hydrogen (secondary N) is 1. The number of morpholine rings is 1. The van der Waals surface area contributed by atoms with Gasteiger partial charge in [0, 0.05) is 40.4 Å². The van der Waals surface area contributed by atoms with Gasteiger partial charge in [-0.3, -0.25) is 4.99 Å². The minimum absolute atomic E-state index is 0. The molecule has 2 saturated heterocycles. The molecule has 0 aromatic rings. The molecule has 2 aliphatic rings. The lowest BCUT2D eigenvalue weighted by Crippen LogP contribution is -2.54. The monoisotopic (exact) mass is 455 g/mol. The predicted molar refractivity (Wildman–Crippen MR) is 107 cm³/mol. The fraction of sp³-hybridized carbons (Fsp3) is 0.941. The lowest BCUT2D eigenvalue weighted by molar-refractivity contribution is -0.0818. The summed E-state index contributed by atoms with van der Waals surface area (Å²) in [7, 11) is 3.60. The van der Waals surface area contributed by atoms with Crippen molar-refractivity contribution in [3.05, 3.63) is 0 Å². The zero-order valence-corrected chi connectivity index (χ0v) is 18.0. The van der Waals surface area contributed by atoms with Crippen molar-refractivity contribution in [3.8, 4) is 0 Å². The van der Waals surface area contributed by atoms with E-state index in [1.165, 1.54) is 0 Å². The first-order valence-corrected chi connectivity index (χ1v) is 8.67. The molecule has 2 fully saturated rings. The van der Waals surface area contributed by atoms with Crippen molar-refractivity contribution in [2.24, 2.45) is 10.4 Å². The Morgan fingerprint density at radius 3 is 2.54 bits per heavy atom. The molecule has 7 heteroatoms. The first kappa shape index (κ1) is 21.9. The zero-order valence-electron chi connectivity index (χ0n) is 15.7. The highest BCUT2D eigenvalue weighted by Crippen LogP contribution is 2.22. The number of methoxy groups -OCH3 is 1. The van der Waals surface area contributed by atoms with E-state index in [0.29, 0.717) is 0 Å². The molecule has 0 spiro atoms. The maximum absolute atomic E-state index is 5.91. The maximum Gasteiger partial charge on any atom is 0.193 e. The van der Waals surface area contributed by atoms with Crippen LogP contribution >= 0.6 is 24.0 Å². The second-order valence-corrected chi connectivity index (χ2v) is 7.43. The molecule has 24 heavy (non-hydrogen) atoms. The number of rotatable bonds is 4. The first-order chi connectivity index (χ1) is 11.0. The maximum atomic E-state index is 5.91. The van der Waals surface area contributed by atoms with E-state index >= 15 is 0 Å². The van der Waals surface area contributed by atoms with Crippen molar-refractivity contribution in [2.45, 2.75) is 51.9 Å². The molecule has 0 amide bonds. The van der Waals surface area contributed by atoms with Crippen molar-refractivity contribution >= 4 is 29.9 Å². The van der Waals surface area contributed by atoms with E-state index in [0.717, 1.165) is 51.6 Å². The Labute approximate surface area is 163 Å². The highest BCUT2D eigenvalue weighted by molar-refractivity contribution is 14.0. The molecule has 0 aromatic heterocycles. The van der Waals surface area contributed by atoms with Crippen molar-refractivity contribution in [1.29, 1.82) is 0 Å². The predicted octanol–water partition coefficient (Wildman–Crippen LogP) is 2.12. The van der Waals surface area contributed by atoms with Gasteiger partial charge in [-0.1, -0.05) is 20.8 Å². The van der Waals surface area contributed by atoms with E-state index in [1.807, 2.05) is 7.05 Å². The summed E-state index contributed by atoms with van der Waals surface area (Å²) in [5.74, 6) is 0.919. The molecular formula is C17H34IN3O3. The summed E-state index contributed by atoms with van der Waals surface area (Å²) in [5, 5.41) is 3.46. The van der Waals surface area contributed by atoms with Crippen molar-refractivity contribution in [2.75, 3.05) is 47.0 Å². The largest absolute Gasteiger partial charge is 0.379 e. The van der Waals surface area contributed by atoms with Crippen LogP contribution in [0.1, 0.15) is 33.6 Å². The molecule has 0 aromatic carbocycles. The quantitative estimate of drug-likeness (QED) is 0.400. The molecule has 2 heterocycles. The van der Waals surface area contributed by atoms with Crippen LogP contribution in [0.4, 0.5) is 0 Å². The van der Waals surface area contributed by atoms with E-state index in [-0.39, 0.29) is 47.7 Å². The first-order valence-electron chi connectivity index (χ1n) is 8.67. The van der Waals surface area contributed by atoms with E-state index in [2.05, 4.69) is 36.0 Å². The van der Waals surface area contributed by atoms with Gasteiger partial charge in [-0.05, 0) is 18.3 Å². The number of hydrogen-bond donors (Lipinski definition) is 1. The van der Waals surface area contributed by atoms with E-state index < -0.39 is 0 Å². The minimum Gasteiger partial charge on any atom is -0.379 e. The highest BCUT2D eigenvalue weighted by Gasteiger charge is 2.32. The Morgan fingerprint density at radius 1 is 1.29 bits per heavy atom. The van der Waals surface area contributed by atoms with E-state index in [4.69, 9.17) is 14.2 Å². The van der Waals surface area contributed by atoms with Gasteiger partial charge < -0.3 is 24.4 Å². The van der Waals surface area contributed by atoms with Crippen molar-refractivity contribution in [3.63, 3.8) is 0 Å². The molecule has 142 valence electrons. The third kappa shape index (κ3) is 6.00. The van der Waals surface area contributed by atoms with Crippen molar-refractivity contribution < 1.29 is 14.2 Å². The molecule has 0 saturated carbocycles. The van der Waals surface area contributed by atoms with Crippen LogP contribution in [0.5, 0.6) is 0 Å². The van der Waals surface area contributed by atoms with Gasteiger partial charge in [0.05, 0.1) is 18.8 Å². The van der Waals surface area contributed by atoms with Gasteiger partial charge >= 0.3 is 0 Å². The third-order valence-corrected chi connectivity index (χ3v) is 4.68. The van der Waals surface area contributed by atoms with Crippen molar-refractivity contribution in [1.82, 2.24) is 10.2 Å². The summed E-state index contributed by atoms with van der Waals surface area (Å²) in [6.45, 7) is 10.6. The summed E-state index contributed by atoms with van der Waals surface area (Å²) < 4.78 is 17.3. The van der Waals surface area contributed by atoms with Crippen LogP contribution in [-0.4, -0.2) is 76.2 Å². The van der Waals surface area contributed by atoms with Gasteiger partial charge in [-0.2, -0.15) is 0 Å². The molecular weight excluding hydrogens is 421 g/mol. The van der Waals surface area contributed by atoms with Gasteiger partial charge in [0.15, 0.2) is 5.96 Å². The molecule has 2 rings (SSSR count). The normalized spacial score (nSPS) is 26.9. The number of aliphatic imine (C=N–C) groups is 1. The number of nitrogens with zero attached hydrogens (tertiary/aromatic N) is 2. The zero-order chi connectivity index (χ0) is 16.9. The molecule has 0 aliphatic carbocycles. The summed E-state index contributed by atoms with van der Waals surface area (Å²) >= 11 is 0. The number of guanidine groups is 1. The average Bonchev–Trinajstić information content (AvgIpc) is 3.05. The summed E-state index contributed by atoms with van der Waals surface area (Å²) in [6.07, 6.45) is 2.75. The molecule has 6 nitrogen and oxygen atoms in total. The van der Waals surface area contributed by atoms with Crippen LogP contribution in [0, 0.1) is 5.41 Å². The fourth-order valence-electron chi connectivity index (χ4n) is 3.25. The van der Waals surface area contributed by atoms with Crippen LogP contribution in [-0.2, 0) is 14.2 Å². The third-order valence-electron chi connectivity index (χ3n) is 4.68. The van der Waals surface area contributed by atoms with Crippen LogP contribution in [0.3, 0.4) is 0 Å². The summed E-state index contributed by atoms with van der Waals surface area (Å²) in [6, 6.07) is 0. The second kappa shape index (κ2) is 10.1. The highest BCUT2D eigenvalue weighted by atomic mass is 127. The Bertz CT molecular complexity index is 395. The Balaban J connectivity index is 0.00000288. The minimum atomic E-state index is 0. The topological polar surface area (TPSA) is 55.3 Å². The van der Waals surface area contributed by atoms with E-state index in [9.17, 15) is 0 Å². The molecule has 0 radical (unpaired) electrons. The van der Waals surface area contributed by atoms with Crippen LogP contribution < -0.4 is 5.32 Å². The lowest BCUT2D eigenvalue weighted by Gasteiger charge is -2.38. The smallest absolute Gasteiger partial charge is 0.193 e. The Hall–Kier alpha value is -0.120. The molecule has 3 unspecified atom stereocenters. The second-order valence-electron chi connectivity index (χ2n) is 7.43. The molecule has 1 N–H and O–H groups in total. The van der Waals surface area contributed by atoms with Gasteiger partial charge in [-0.25, -0.2) is 0 Å². The SMILES string of the molecule is CN=C(NCC(OC)C(C)(C)C)N1CCOC(C2CCCO2)C1.I. The standard InChI is InChI=1S/C17H33N3O3.HI/c1-17(2,3)15(21-5)11-19-16(18-4)20-8-10-23-14(12-20)13-7-6-9-22-13;/h13-15H,6-12H2,1-5H3,(H,18,19);1H. The van der Waals surface area contributed by atoms with Gasteiger partial charge in [0.25, 0.3) is 0 Å². The van der Waals surface area contributed by atoms with Gasteiger partial charge in [-0.15, -0.1) is 24.0 Å². The fourth-order valence-corrected chi connectivity index (χ4v) is 3.25. The summed E-state index contributed by atoms with van der Waals surface area (Å²) in [5.41, 5.74) is 0.0891. The van der Waals surface area contributed by atoms with E-state index in [1.54, 1.807) is 7.11 Å². The molecule has 3 atom stereocenters. The molecule has 2 aliphatic heterocycles. The Morgan fingerprint density at radius 2 is 2.00 bits per heavy atom. The van der Waals surface area contributed by atoms with Gasteiger partial charge in [0.2, 0.25) is 0 Å². The Kier molecular flexibility index (Phi) is 9.25. The van der Waals surface area contributed by atoms with Crippen LogP contribution in [0.15, 0.2) is 4.99 Å². The van der Waals surface area contributed by atoms with Gasteiger partial charge in [0.1, 0.15) is 6.10 Å². The van der Waals surface area contributed by atoms with Crippen LogP contribution in [0.2, 0.25) is 0 Å². The number of hydrogen-bond acceptors (Lipinski definition) is 4. The molecule has 0 bridgehead atoms. The lowest BCUT2D eigenvalue weighted by atomic mass is 9.89. The van der Waals surface area contributed by atoms with Crippen LogP contribution in [0.25, 0.3) is 0 Å². The number of ether oxygens (including phenoxy) is 3.